The average molecular weight is 244 g/mol. The van der Waals surface area contributed by atoms with Crippen LogP contribution in [-0.2, 0) is 6.54 Å². The second-order valence-electron chi connectivity index (χ2n) is 5.75. The molecular formula is C15H20N2O. The Morgan fingerprint density at radius 3 is 2.78 bits per heavy atom. The van der Waals surface area contributed by atoms with Gasteiger partial charge in [-0.15, -0.1) is 0 Å². The number of carbonyl (C=O) groups is 1. The quantitative estimate of drug-likeness (QED) is 0.853. The Kier molecular flexibility index (Phi) is 2.86. The maximum atomic E-state index is 11.1. The first-order valence-electron chi connectivity index (χ1n) is 6.82. The second-order valence-corrected chi connectivity index (χ2v) is 5.75. The summed E-state index contributed by atoms with van der Waals surface area (Å²) in [6.07, 6.45) is 6.88. The van der Waals surface area contributed by atoms with E-state index in [4.69, 9.17) is 5.73 Å². The smallest absolute Gasteiger partial charge is 0.248 e. The van der Waals surface area contributed by atoms with E-state index in [1.807, 2.05) is 18.2 Å². The molecule has 3 N–H and O–H groups in total. The van der Waals surface area contributed by atoms with Gasteiger partial charge < -0.3 is 11.1 Å². The molecule has 0 heterocycles. The van der Waals surface area contributed by atoms with Gasteiger partial charge in [0.25, 0.3) is 0 Å². The number of benzene rings is 1. The van der Waals surface area contributed by atoms with Crippen LogP contribution in [0.1, 0.15) is 48.0 Å². The van der Waals surface area contributed by atoms with Gasteiger partial charge in [-0.2, -0.15) is 0 Å². The van der Waals surface area contributed by atoms with E-state index >= 15 is 0 Å². The summed E-state index contributed by atoms with van der Waals surface area (Å²) in [7, 11) is 0. The number of hydrogen-bond donors (Lipinski definition) is 2. The highest BCUT2D eigenvalue weighted by atomic mass is 16.1. The zero-order valence-electron chi connectivity index (χ0n) is 10.6. The number of carbonyl (C=O) groups excluding carboxylic acids is 1. The van der Waals surface area contributed by atoms with Gasteiger partial charge in [-0.3, -0.25) is 4.79 Å². The summed E-state index contributed by atoms with van der Waals surface area (Å²) >= 11 is 0. The third-order valence-corrected chi connectivity index (χ3v) is 4.78. The van der Waals surface area contributed by atoms with Crippen molar-refractivity contribution in [3.05, 3.63) is 35.4 Å². The van der Waals surface area contributed by atoms with Crippen LogP contribution in [0.3, 0.4) is 0 Å². The van der Waals surface area contributed by atoms with E-state index in [2.05, 4.69) is 5.32 Å². The summed E-state index contributed by atoms with van der Waals surface area (Å²) in [5, 5.41) is 3.64. The van der Waals surface area contributed by atoms with Crippen molar-refractivity contribution in [3.63, 3.8) is 0 Å². The van der Waals surface area contributed by atoms with Crippen LogP contribution < -0.4 is 11.1 Å². The number of amides is 1. The number of nitrogens with one attached hydrogen (secondary N) is 1. The third kappa shape index (κ3) is 1.93. The van der Waals surface area contributed by atoms with Crippen molar-refractivity contribution in [1.29, 1.82) is 0 Å². The molecule has 2 aliphatic rings. The molecule has 1 amide bonds. The summed E-state index contributed by atoms with van der Waals surface area (Å²) in [5.41, 5.74) is 7.66. The number of primary amides is 1. The molecule has 0 bridgehead atoms. The lowest BCUT2D eigenvalue weighted by atomic mass is 9.53. The molecule has 0 aliphatic heterocycles. The Bertz CT molecular complexity index is 460. The molecule has 1 aromatic rings. The molecule has 0 aromatic heterocycles. The fraction of sp³-hybridized carbons (Fsp3) is 0.533. The van der Waals surface area contributed by atoms with Crippen LogP contribution in [0.15, 0.2) is 24.3 Å². The van der Waals surface area contributed by atoms with Gasteiger partial charge in [0.2, 0.25) is 5.91 Å². The lowest BCUT2D eigenvalue weighted by Gasteiger charge is -2.56. The topological polar surface area (TPSA) is 55.1 Å². The zero-order valence-corrected chi connectivity index (χ0v) is 10.6. The van der Waals surface area contributed by atoms with Gasteiger partial charge in [0.15, 0.2) is 0 Å². The first kappa shape index (κ1) is 11.7. The number of hydrogen-bond acceptors (Lipinski definition) is 2. The van der Waals surface area contributed by atoms with Gasteiger partial charge >= 0.3 is 0 Å². The maximum absolute atomic E-state index is 11.1. The molecular weight excluding hydrogens is 224 g/mol. The lowest BCUT2D eigenvalue weighted by Crippen LogP contribution is -2.56. The van der Waals surface area contributed by atoms with E-state index in [0.29, 0.717) is 17.0 Å². The van der Waals surface area contributed by atoms with E-state index in [-0.39, 0.29) is 5.91 Å². The van der Waals surface area contributed by atoms with Crippen molar-refractivity contribution >= 4 is 5.91 Å². The highest BCUT2D eigenvalue weighted by Crippen LogP contribution is 2.55. The predicted molar refractivity (Wildman–Crippen MR) is 71.1 cm³/mol. The average Bonchev–Trinajstić information content (AvgIpc) is 2.26. The van der Waals surface area contributed by atoms with Crippen molar-refractivity contribution in [1.82, 2.24) is 5.32 Å². The Balaban J connectivity index is 1.60. The van der Waals surface area contributed by atoms with Gasteiger partial charge in [0.1, 0.15) is 0 Å². The van der Waals surface area contributed by atoms with Crippen molar-refractivity contribution in [2.75, 3.05) is 0 Å². The summed E-state index contributed by atoms with van der Waals surface area (Å²) in [4.78, 5) is 11.1. The molecule has 0 unspecified atom stereocenters. The fourth-order valence-electron chi connectivity index (χ4n) is 3.32. The Morgan fingerprint density at radius 2 is 2.22 bits per heavy atom. The Hall–Kier alpha value is -1.35. The SMILES string of the molecule is NC(=O)c1cccc(CN[C@H]2CCC23CCC3)c1. The van der Waals surface area contributed by atoms with Gasteiger partial charge in [0, 0.05) is 18.2 Å². The zero-order chi connectivity index (χ0) is 12.6. The predicted octanol–water partition coefficient (Wildman–Crippen LogP) is 2.21. The molecule has 1 spiro atoms. The molecule has 18 heavy (non-hydrogen) atoms. The van der Waals surface area contributed by atoms with Crippen LogP contribution in [0.2, 0.25) is 0 Å². The summed E-state index contributed by atoms with van der Waals surface area (Å²) in [5.74, 6) is -0.351. The molecule has 3 heteroatoms. The molecule has 2 aliphatic carbocycles. The van der Waals surface area contributed by atoms with Crippen LogP contribution in [0.25, 0.3) is 0 Å². The highest BCUT2D eigenvalue weighted by molar-refractivity contribution is 5.92. The highest BCUT2D eigenvalue weighted by Gasteiger charge is 2.50. The van der Waals surface area contributed by atoms with Crippen molar-refractivity contribution in [2.45, 2.75) is 44.7 Å². The van der Waals surface area contributed by atoms with Crippen molar-refractivity contribution in [2.24, 2.45) is 11.1 Å². The molecule has 1 atom stereocenters. The minimum atomic E-state index is -0.351. The number of nitrogens with two attached hydrogens (primary N) is 1. The first-order chi connectivity index (χ1) is 8.70. The lowest BCUT2D eigenvalue weighted by molar-refractivity contribution is -0.0181. The van der Waals surface area contributed by atoms with E-state index in [1.54, 1.807) is 6.07 Å². The van der Waals surface area contributed by atoms with Crippen LogP contribution >= 0.6 is 0 Å². The molecule has 3 rings (SSSR count). The van der Waals surface area contributed by atoms with E-state index < -0.39 is 0 Å². The molecule has 3 nitrogen and oxygen atoms in total. The second kappa shape index (κ2) is 4.39. The largest absolute Gasteiger partial charge is 0.366 e. The third-order valence-electron chi connectivity index (χ3n) is 4.78. The van der Waals surface area contributed by atoms with Gasteiger partial charge in [-0.05, 0) is 48.8 Å². The van der Waals surface area contributed by atoms with Gasteiger partial charge in [-0.1, -0.05) is 18.6 Å². The Morgan fingerprint density at radius 1 is 1.39 bits per heavy atom. The normalized spacial score (nSPS) is 24.3. The van der Waals surface area contributed by atoms with Gasteiger partial charge in [0.05, 0.1) is 0 Å². The first-order valence-corrected chi connectivity index (χ1v) is 6.82. The molecule has 0 radical (unpaired) electrons. The standard InChI is InChI=1S/C15H20N2O/c16-14(18)12-4-1-3-11(9-12)10-17-13-5-8-15(13)6-2-7-15/h1,3-4,9,13,17H,2,5-8,10H2,(H2,16,18)/t13-/m0/s1. The van der Waals surface area contributed by atoms with E-state index in [0.717, 1.165) is 12.1 Å². The van der Waals surface area contributed by atoms with Gasteiger partial charge in [-0.25, -0.2) is 0 Å². The van der Waals surface area contributed by atoms with E-state index in [9.17, 15) is 4.79 Å². The van der Waals surface area contributed by atoms with Crippen LogP contribution in [0, 0.1) is 5.41 Å². The molecule has 1 aromatic carbocycles. The molecule has 0 saturated heterocycles. The van der Waals surface area contributed by atoms with Crippen LogP contribution in [0.5, 0.6) is 0 Å². The molecule has 2 saturated carbocycles. The number of rotatable bonds is 4. The summed E-state index contributed by atoms with van der Waals surface area (Å²) < 4.78 is 0. The monoisotopic (exact) mass is 244 g/mol. The van der Waals surface area contributed by atoms with E-state index in [1.165, 1.54) is 32.1 Å². The Labute approximate surface area is 108 Å². The van der Waals surface area contributed by atoms with Crippen LogP contribution in [0.4, 0.5) is 0 Å². The minimum absolute atomic E-state index is 0.351. The summed E-state index contributed by atoms with van der Waals surface area (Å²) in [6, 6.07) is 8.29. The molecule has 96 valence electrons. The maximum Gasteiger partial charge on any atom is 0.248 e. The van der Waals surface area contributed by atoms with Crippen molar-refractivity contribution in [3.8, 4) is 0 Å². The minimum Gasteiger partial charge on any atom is -0.366 e. The van der Waals surface area contributed by atoms with Crippen LogP contribution in [-0.4, -0.2) is 11.9 Å². The molecule has 2 fully saturated rings. The fourth-order valence-corrected chi connectivity index (χ4v) is 3.32. The van der Waals surface area contributed by atoms with Crippen molar-refractivity contribution < 1.29 is 4.79 Å². The summed E-state index contributed by atoms with van der Waals surface area (Å²) in [6.45, 7) is 0.841.